The van der Waals surface area contributed by atoms with E-state index in [9.17, 15) is 4.79 Å². The summed E-state index contributed by atoms with van der Waals surface area (Å²) in [5.41, 5.74) is 5.08. The molecule has 1 amide bonds. The van der Waals surface area contributed by atoms with Gasteiger partial charge in [-0.3, -0.25) is 4.79 Å². The van der Waals surface area contributed by atoms with Crippen LogP contribution in [0.25, 0.3) is 0 Å². The Balaban J connectivity index is 2.09. The van der Waals surface area contributed by atoms with E-state index < -0.39 is 0 Å². The Kier molecular flexibility index (Phi) is 3.69. The zero-order chi connectivity index (χ0) is 9.84. The molecule has 0 bridgehead atoms. The number of nitrogens with one attached hydrogen (secondary N) is 1. The summed E-state index contributed by atoms with van der Waals surface area (Å²) in [6.45, 7) is 1.98. The molecule has 0 heterocycles. The maximum Gasteiger partial charge on any atom is 0.218 e. The van der Waals surface area contributed by atoms with Crippen LogP contribution >= 0.6 is 0 Å². The highest BCUT2D eigenvalue weighted by molar-refractivity contribution is 5.74. The Hall–Kier alpha value is -0.610. The summed E-state index contributed by atoms with van der Waals surface area (Å²) in [7, 11) is 1.73. The third-order valence-corrected chi connectivity index (χ3v) is 2.46. The molecule has 1 aliphatic carbocycles. The van der Waals surface area contributed by atoms with Gasteiger partial charge in [0, 0.05) is 25.6 Å². The van der Waals surface area contributed by atoms with Crippen LogP contribution in [0.3, 0.4) is 0 Å². The van der Waals surface area contributed by atoms with Crippen LogP contribution in [0.15, 0.2) is 0 Å². The molecule has 1 atom stereocenters. The number of hydrogen-bond acceptors (Lipinski definition) is 3. The summed E-state index contributed by atoms with van der Waals surface area (Å²) in [6, 6.07) is 0.680. The van der Waals surface area contributed by atoms with E-state index in [2.05, 4.69) is 5.32 Å². The van der Waals surface area contributed by atoms with Gasteiger partial charge in [0.1, 0.15) is 0 Å². The van der Waals surface area contributed by atoms with Gasteiger partial charge in [-0.05, 0) is 19.8 Å². The SMILES string of the molecule is COC1CC(NC(C)CC(N)=O)C1. The van der Waals surface area contributed by atoms with Gasteiger partial charge >= 0.3 is 0 Å². The monoisotopic (exact) mass is 186 g/mol. The summed E-state index contributed by atoms with van der Waals surface area (Å²) in [5, 5.41) is 3.33. The molecule has 0 spiro atoms. The highest BCUT2D eigenvalue weighted by Gasteiger charge is 2.29. The molecule has 0 radical (unpaired) electrons. The fourth-order valence-corrected chi connectivity index (χ4v) is 1.66. The van der Waals surface area contributed by atoms with Crippen molar-refractivity contribution in [1.82, 2.24) is 5.32 Å². The summed E-state index contributed by atoms with van der Waals surface area (Å²) in [4.78, 5) is 10.6. The Labute approximate surface area is 78.8 Å². The standard InChI is InChI=1S/C9H18N2O2/c1-6(3-9(10)12)11-7-4-8(5-7)13-2/h6-8,11H,3-5H2,1-2H3,(H2,10,12). The fraction of sp³-hybridized carbons (Fsp3) is 0.889. The van der Waals surface area contributed by atoms with Crippen molar-refractivity contribution in [3.05, 3.63) is 0 Å². The molecule has 13 heavy (non-hydrogen) atoms. The zero-order valence-corrected chi connectivity index (χ0v) is 8.25. The Morgan fingerprint density at radius 3 is 2.77 bits per heavy atom. The summed E-state index contributed by atoms with van der Waals surface area (Å²) < 4.78 is 5.15. The van der Waals surface area contributed by atoms with Gasteiger partial charge < -0.3 is 15.8 Å². The molecule has 0 aliphatic heterocycles. The Morgan fingerprint density at radius 1 is 1.69 bits per heavy atom. The minimum Gasteiger partial charge on any atom is -0.381 e. The van der Waals surface area contributed by atoms with E-state index in [0.717, 1.165) is 12.8 Å². The molecule has 3 N–H and O–H groups in total. The molecule has 4 nitrogen and oxygen atoms in total. The van der Waals surface area contributed by atoms with E-state index in [1.54, 1.807) is 7.11 Å². The summed E-state index contributed by atoms with van der Waals surface area (Å²) >= 11 is 0. The van der Waals surface area contributed by atoms with Crippen LogP contribution in [-0.4, -0.2) is 31.2 Å². The highest BCUT2D eigenvalue weighted by Crippen LogP contribution is 2.22. The van der Waals surface area contributed by atoms with Crippen LogP contribution in [0.5, 0.6) is 0 Å². The van der Waals surface area contributed by atoms with Crippen LogP contribution in [0.2, 0.25) is 0 Å². The van der Waals surface area contributed by atoms with Crippen molar-refractivity contribution in [3.8, 4) is 0 Å². The van der Waals surface area contributed by atoms with Crippen LogP contribution in [0, 0.1) is 0 Å². The molecule has 0 aromatic rings. The summed E-state index contributed by atoms with van der Waals surface area (Å²) in [6.07, 6.45) is 2.89. The number of hydrogen-bond donors (Lipinski definition) is 2. The molecule has 0 aromatic heterocycles. The average Bonchev–Trinajstić information content (AvgIpc) is 1.94. The van der Waals surface area contributed by atoms with Crippen molar-refractivity contribution >= 4 is 5.91 Å². The number of primary amides is 1. The van der Waals surface area contributed by atoms with Gasteiger partial charge in [-0.15, -0.1) is 0 Å². The first kappa shape index (κ1) is 10.5. The third-order valence-electron chi connectivity index (χ3n) is 2.46. The van der Waals surface area contributed by atoms with Crippen LogP contribution < -0.4 is 11.1 Å². The van der Waals surface area contributed by atoms with E-state index >= 15 is 0 Å². The van der Waals surface area contributed by atoms with Crippen LogP contribution in [-0.2, 0) is 9.53 Å². The van der Waals surface area contributed by atoms with Crippen LogP contribution in [0.1, 0.15) is 26.2 Å². The molecule has 4 heteroatoms. The first-order chi connectivity index (χ1) is 6.11. The average molecular weight is 186 g/mol. The van der Waals surface area contributed by atoms with Gasteiger partial charge in [-0.1, -0.05) is 0 Å². The molecule has 1 rings (SSSR count). The topological polar surface area (TPSA) is 64.3 Å². The Morgan fingerprint density at radius 2 is 2.31 bits per heavy atom. The second kappa shape index (κ2) is 4.58. The van der Waals surface area contributed by atoms with Gasteiger partial charge in [0.2, 0.25) is 5.91 Å². The molecule has 1 aliphatic rings. The normalized spacial score (nSPS) is 29.4. The Bertz CT molecular complexity index is 178. The minimum atomic E-state index is -0.248. The lowest BCUT2D eigenvalue weighted by Gasteiger charge is -2.36. The molecule has 1 saturated carbocycles. The maximum atomic E-state index is 10.6. The fourth-order valence-electron chi connectivity index (χ4n) is 1.66. The van der Waals surface area contributed by atoms with Gasteiger partial charge in [0.05, 0.1) is 6.10 Å². The highest BCUT2D eigenvalue weighted by atomic mass is 16.5. The van der Waals surface area contributed by atoms with E-state index in [-0.39, 0.29) is 11.9 Å². The predicted octanol–water partition coefficient (Wildman–Crippen LogP) is 0.0173. The molecule has 1 fully saturated rings. The lowest BCUT2D eigenvalue weighted by Crippen LogP contribution is -2.49. The van der Waals surface area contributed by atoms with Gasteiger partial charge in [-0.2, -0.15) is 0 Å². The van der Waals surface area contributed by atoms with Gasteiger partial charge in [0.25, 0.3) is 0 Å². The smallest absolute Gasteiger partial charge is 0.218 e. The van der Waals surface area contributed by atoms with Gasteiger partial charge in [-0.25, -0.2) is 0 Å². The van der Waals surface area contributed by atoms with E-state index in [1.807, 2.05) is 6.92 Å². The number of rotatable bonds is 5. The predicted molar refractivity (Wildman–Crippen MR) is 50.2 cm³/mol. The van der Waals surface area contributed by atoms with Crippen molar-refractivity contribution in [2.45, 2.75) is 44.4 Å². The van der Waals surface area contributed by atoms with Crippen molar-refractivity contribution in [1.29, 1.82) is 0 Å². The van der Waals surface area contributed by atoms with E-state index in [4.69, 9.17) is 10.5 Å². The number of carbonyl (C=O) groups excluding carboxylic acids is 1. The largest absolute Gasteiger partial charge is 0.381 e. The zero-order valence-electron chi connectivity index (χ0n) is 8.25. The minimum absolute atomic E-state index is 0.181. The number of carbonyl (C=O) groups is 1. The quantitative estimate of drug-likeness (QED) is 0.636. The maximum absolute atomic E-state index is 10.6. The van der Waals surface area contributed by atoms with Gasteiger partial charge in [0.15, 0.2) is 0 Å². The van der Waals surface area contributed by atoms with E-state index in [0.29, 0.717) is 18.6 Å². The molecule has 0 aromatic carbocycles. The van der Waals surface area contributed by atoms with Crippen molar-refractivity contribution in [3.63, 3.8) is 0 Å². The molecular formula is C9H18N2O2. The van der Waals surface area contributed by atoms with Crippen molar-refractivity contribution in [2.75, 3.05) is 7.11 Å². The lowest BCUT2D eigenvalue weighted by atomic mass is 9.88. The number of nitrogens with two attached hydrogens (primary N) is 1. The van der Waals surface area contributed by atoms with Crippen LogP contribution in [0.4, 0.5) is 0 Å². The molecule has 1 unspecified atom stereocenters. The molecule has 0 saturated heterocycles. The third kappa shape index (κ3) is 3.32. The molecular weight excluding hydrogens is 168 g/mol. The number of methoxy groups -OCH3 is 1. The lowest BCUT2D eigenvalue weighted by molar-refractivity contribution is -0.118. The first-order valence-corrected chi connectivity index (χ1v) is 4.69. The van der Waals surface area contributed by atoms with Crippen molar-refractivity contribution < 1.29 is 9.53 Å². The number of ether oxygens (including phenoxy) is 1. The first-order valence-electron chi connectivity index (χ1n) is 4.69. The summed E-state index contributed by atoms with van der Waals surface area (Å²) in [5.74, 6) is -0.248. The van der Waals surface area contributed by atoms with E-state index in [1.165, 1.54) is 0 Å². The second-order valence-electron chi connectivity index (χ2n) is 3.76. The molecule has 76 valence electrons. The van der Waals surface area contributed by atoms with Crippen molar-refractivity contribution in [2.24, 2.45) is 5.73 Å². The number of amides is 1. The second-order valence-corrected chi connectivity index (χ2v) is 3.76.